The maximum atomic E-state index is 12.1. The molecule has 1 aliphatic heterocycles. The van der Waals surface area contributed by atoms with Crippen LogP contribution in [0.4, 0.5) is 3.89 Å². The highest BCUT2D eigenvalue weighted by Gasteiger charge is 2.16. The summed E-state index contributed by atoms with van der Waals surface area (Å²) in [5, 5.41) is 0. The monoisotopic (exact) mass is 220 g/mol. The average Bonchev–Trinajstić information content (AvgIpc) is 2.47. The van der Waals surface area contributed by atoms with Crippen molar-refractivity contribution in [3.63, 3.8) is 0 Å². The Kier molecular flexibility index (Phi) is 1.95. The van der Waals surface area contributed by atoms with E-state index in [1.807, 2.05) is 0 Å². The van der Waals surface area contributed by atoms with E-state index in [9.17, 15) is 12.3 Å². The molecule has 1 aromatic rings. The molecule has 0 bridgehead atoms. The van der Waals surface area contributed by atoms with E-state index in [4.69, 9.17) is 9.47 Å². The van der Waals surface area contributed by atoms with Crippen molar-refractivity contribution in [2.24, 2.45) is 0 Å². The van der Waals surface area contributed by atoms with Crippen molar-refractivity contribution in [2.75, 3.05) is 6.79 Å². The minimum atomic E-state index is -4.99. The Morgan fingerprint density at radius 2 is 2.00 bits per heavy atom. The van der Waals surface area contributed by atoms with Crippen molar-refractivity contribution in [2.45, 2.75) is 0 Å². The average molecular weight is 220 g/mol. The number of benzene rings is 1. The molecule has 1 aromatic carbocycles. The van der Waals surface area contributed by atoms with Crippen molar-refractivity contribution in [3.8, 4) is 17.2 Å². The van der Waals surface area contributed by atoms with Gasteiger partial charge in [-0.15, -0.1) is 0 Å². The van der Waals surface area contributed by atoms with Gasteiger partial charge >= 0.3 is 10.5 Å². The second-order valence-corrected chi connectivity index (χ2v) is 3.44. The van der Waals surface area contributed by atoms with Gasteiger partial charge < -0.3 is 13.7 Å². The predicted molar refractivity (Wildman–Crippen MR) is 43.2 cm³/mol. The molecule has 0 saturated carbocycles. The summed E-state index contributed by atoms with van der Waals surface area (Å²) >= 11 is 0. The van der Waals surface area contributed by atoms with Crippen LogP contribution in [0, 0.1) is 0 Å². The highest BCUT2D eigenvalue weighted by molar-refractivity contribution is 7.81. The van der Waals surface area contributed by atoms with E-state index in [2.05, 4.69) is 4.18 Å². The predicted octanol–water partition coefficient (Wildman–Crippen LogP) is 1.01. The molecule has 0 unspecified atom stereocenters. The van der Waals surface area contributed by atoms with E-state index in [-0.39, 0.29) is 12.5 Å². The molecule has 0 amide bonds. The van der Waals surface area contributed by atoms with Crippen LogP contribution < -0.4 is 13.7 Å². The number of fused-ring (bicyclic) bond motifs is 1. The van der Waals surface area contributed by atoms with Gasteiger partial charge in [-0.05, 0) is 12.1 Å². The van der Waals surface area contributed by atoms with Gasteiger partial charge in [0.2, 0.25) is 6.79 Å². The highest BCUT2D eigenvalue weighted by Crippen LogP contribution is 2.35. The smallest absolute Gasteiger partial charge is 0.454 e. The fraction of sp³-hybridized carbons (Fsp3) is 0.143. The molecule has 5 nitrogen and oxygen atoms in total. The number of hydrogen-bond donors (Lipinski definition) is 0. The first-order valence-corrected chi connectivity index (χ1v) is 4.89. The zero-order chi connectivity index (χ0) is 10.2. The molecular formula is C7H5FO5S. The Hall–Kier alpha value is -1.50. The van der Waals surface area contributed by atoms with Crippen LogP contribution in [0.2, 0.25) is 0 Å². The number of ether oxygens (including phenoxy) is 2. The number of halogens is 1. The fourth-order valence-corrected chi connectivity index (χ4v) is 1.38. The van der Waals surface area contributed by atoms with Gasteiger partial charge in [0.15, 0.2) is 11.5 Å². The molecule has 0 atom stereocenters. The van der Waals surface area contributed by atoms with Gasteiger partial charge in [-0.25, -0.2) is 0 Å². The second kappa shape index (κ2) is 3.02. The molecule has 1 aliphatic rings. The molecule has 0 radical (unpaired) electrons. The lowest BCUT2D eigenvalue weighted by Gasteiger charge is -2.00. The summed E-state index contributed by atoms with van der Waals surface area (Å²) in [6.07, 6.45) is 0. The fourth-order valence-electron chi connectivity index (χ4n) is 1.04. The largest absolute Gasteiger partial charge is 0.488 e. The Morgan fingerprint density at radius 3 is 2.71 bits per heavy atom. The molecule has 2 rings (SSSR count). The van der Waals surface area contributed by atoms with Crippen LogP contribution in [-0.4, -0.2) is 15.2 Å². The van der Waals surface area contributed by atoms with Crippen LogP contribution >= 0.6 is 0 Å². The van der Waals surface area contributed by atoms with E-state index < -0.39 is 10.5 Å². The Bertz CT molecular complexity index is 455. The Labute approximate surface area is 79.4 Å². The van der Waals surface area contributed by atoms with E-state index >= 15 is 0 Å². The molecule has 76 valence electrons. The van der Waals surface area contributed by atoms with E-state index in [1.165, 1.54) is 18.2 Å². The third kappa shape index (κ3) is 1.87. The van der Waals surface area contributed by atoms with Crippen LogP contribution in [0.3, 0.4) is 0 Å². The van der Waals surface area contributed by atoms with Crippen molar-refractivity contribution in [3.05, 3.63) is 18.2 Å². The zero-order valence-corrected chi connectivity index (χ0v) is 7.58. The lowest BCUT2D eigenvalue weighted by atomic mass is 10.3. The Morgan fingerprint density at radius 1 is 1.29 bits per heavy atom. The summed E-state index contributed by atoms with van der Waals surface area (Å²) in [6.45, 7) is 0.0567. The SMILES string of the molecule is O=S(=O)(F)Oc1ccc2c(c1)OCO2. The first-order chi connectivity index (χ1) is 6.54. The molecule has 1 heterocycles. The van der Waals surface area contributed by atoms with Gasteiger partial charge in [-0.2, -0.15) is 8.42 Å². The molecule has 0 fully saturated rings. The van der Waals surface area contributed by atoms with E-state index in [0.29, 0.717) is 11.5 Å². The maximum absolute atomic E-state index is 12.1. The van der Waals surface area contributed by atoms with Gasteiger partial charge in [0.25, 0.3) is 0 Å². The third-order valence-corrected chi connectivity index (χ3v) is 1.93. The summed E-state index contributed by atoms with van der Waals surface area (Å²) in [6, 6.07) is 3.94. The van der Waals surface area contributed by atoms with Crippen LogP contribution in [-0.2, 0) is 10.5 Å². The van der Waals surface area contributed by atoms with Gasteiger partial charge in [0, 0.05) is 6.07 Å². The molecular weight excluding hydrogens is 215 g/mol. The van der Waals surface area contributed by atoms with Crippen LogP contribution in [0.25, 0.3) is 0 Å². The van der Waals surface area contributed by atoms with Crippen molar-refractivity contribution in [1.82, 2.24) is 0 Å². The standard InChI is InChI=1S/C7H5FO5S/c8-14(9,10)13-5-1-2-6-7(3-5)12-4-11-6/h1-3H,4H2. The summed E-state index contributed by atoms with van der Waals surface area (Å²) in [7, 11) is -4.99. The normalized spacial score (nSPS) is 14.1. The summed E-state index contributed by atoms with van der Waals surface area (Å²) in [5.41, 5.74) is 0. The molecule has 0 aromatic heterocycles. The first kappa shape index (κ1) is 9.07. The highest BCUT2D eigenvalue weighted by atomic mass is 32.3. The molecule has 7 heteroatoms. The van der Waals surface area contributed by atoms with Crippen LogP contribution in [0.5, 0.6) is 17.2 Å². The van der Waals surface area contributed by atoms with Crippen molar-refractivity contribution in [1.29, 1.82) is 0 Å². The zero-order valence-electron chi connectivity index (χ0n) is 6.77. The minimum absolute atomic E-state index is 0.0567. The molecule has 14 heavy (non-hydrogen) atoms. The number of hydrogen-bond acceptors (Lipinski definition) is 5. The molecule has 0 N–H and O–H groups in total. The van der Waals surface area contributed by atoms with Gasteiger partial charge in [-0.3, -0.25) is 0 Å². The maximum Gasteiger partial charge on any atom is 0.488 e. The lowest BCUT2D eigenvalue weighted by Crippen LogP contribution is -2.00. The summed E-state index contributed by atoms with van der Waals surface area (Å²) in [5.74, 6) is 0.636. The van der Waals surface area contributed by atoms with Crippen LogP contribution in [0.1, 0.15) is 0 Å². The molecule has 0 saturated heterocycles. The first-order valence-electron chi connectivity index (χ1n) is 3.58. The van der Waals surface area contributed by atoms with Crippen LogP contribution in [0.15, 0.2) is 18.2 Å². The van der Waals surface area contributed by atoms with E-state index in [0.717, 1.165) is 0 Å². The number of rotatable bonds is 2. The Balaban J connectivity index is 2.29. The summed E-state index contributed by atoms with van der Waals surface area (Å²) in [4.78, 5) is 0. The molecule has 0 spiro atoms. The second-order valence-electron chi connectivity index (χ2n) is 2.49. The van der Waals surface area contributed by atoms with Gasteiger partial charge in [0.1, 0.15) is 5.75 Å². The quantitative estimate of drug-likeness (QED) is 0.696. The van der Waals surface area contributed by atoms with Crippen molar-refractivity contribution < 1.29 is 26.0 Å². The van der Waals surface area contributed by atoms with Gasteiger partial charge in [0.05, 0.1) is 0 Å². The topological polar surface area (TPSA) is 61.8 Å². The third-order valence-electron chi connectivity index (χ3n) is 1.54. The van der Waals surface area contributed by atoms with Gasteiger partial charge in [-0.1, -0.05) is 3.89 Å². The minimum Gasteiger partial charge on any atom is -0.454 e. The molecule has 0 aliphatic carbocycles. The van der Waals surface area contributed by atoms with Crippen molar-refractivity contribution >= 4 is 10.5 Å². The lowest BCUT2D eigenvalue weighted by molar-refractivity contribution is 0.174. The summed E-state index contributed by atoms with van der Waals surface area (Å²) < 4.78 is 46.3. The van der Waals surface area contributed by atoms with E-state index in [1.54, 1.807) is 0 Å².